The highest BCUT2D eigenvalue weighted by molar-refractivity contribution is 5.15. The monoisotopic (exact) mass is 240 g/mol. The van der Waals surface area contributed by atoms with Crippen molar-refractivity contribution >= 4 is 0 Å². The summed E-state index contributed by atoms with van der Waals surface area (Å²) in [4.78, 5) is 15.1. The van der Waals surface area contributed by atoms with Gasteiger partial charge in [0.15, 0.2) is 12.3 Å². The van der Waals surface area contributed by atoms with Gasteiger partial charge < -0.3 is 19.7 Å². The lowest BCUT2D eigenvalue weighted by Gasteiger charge is -2.14. The minimum Gasteiger partial charge on any atom is -0.453 e. The lowest BCUT2D eigenvalue weighted by molar-refractivity contribution is -0.0435. The highest BCUT2D eigenvalue weighted by Gasteiger charge is 2.50. The van der Waals surface area contributed by atoms with Crippen LogP contribution in [-0.4, -0.2) is 44.7 Å². The summed E-state index contributed by atoms with van der Waals surface area (Å²) < 4.78 is 12.4. The second-order valence-electron chi connectivity index (χ2n) is 4.24. The number of aliphatic hydroxyl groups excluding tert-OH is 2. The number of aryl methyl sites for hydroxylation is 1. The number of hydrogen-bond donors (Lipinski definition) is 2. The van der Waals surface area contributed by atoms with E-state index in [0.29, 0.717) is 5.56 Å². The van der Waals surface area contributed by atoms with Gasteiger partial charge in [0.05, 0.1) is 6.61 Å². The van der Waals surface area contributed by atoms with Crippen LogP contribution in [0.5, 0.6) is 6.01 Å². The van der Waals surface area contributed by atoms with Crippen molar-refractivity contribution in [2.24, 2.45) is 0 Å². The number of ether oxygens (including phenoxy) is 2. The molecule has 0 amide bonds. The summed E-state index contributed by atoms with van der Waals surface area (Å²) in [7, 11) is 0. The van der Waals surface area contributed by atoms with E-state index in [1.807, 2.05) is 0 Å². The molecule has 0 saturated carbocycles. The Bertz CT molecular complexity index is 514. The van der Waals surface area contributed by atoms with Gasteiger partial charge in [-0.3, -0.25) is 9.36 Å². The van der Waals surface area contributed by atoms with Gasteiger partial charge in [0.25, 0.3) is 5.56 Å². The fourth-order valence-electron chi connectivity index (χ4n) is 2.16. The normalized spacial score (nSPS) is 34.3. The molecule has 7 nitrogen and oxygen atoms in total. The number of fused-ring (bicyclic) bond motifs is 3. The molecule has 3 heterocycles. The Hall–Kier alpha value is -1.44. The first-order valence-corrected chi connectivity index (χ1v) is 5.32. The van der Waals surface area contributed by atoms with Crippen LogP contribution in [0.15, 0.2) is 11.0 Å². The fourth-order valence-corrected chi connectivity index (χ4v) is 2.16. The lowest BCUT2D eigenvalue weighted by Crippen LogP contribution is -2.34. The fraction of sp³-hybridized carbons (Fsp3) is 0.600. The molecule has 0 bridgehead atoms. The van der Waals surface area contributed by atoms with Crippen LogP contribution >= 0.6 is 0 Å². The predicted molar refractivity (Wildman–Crippen MR) is 54.7 cm³/mol. The molecule has 0 radical (unpaired) electrons. The summed E-state index contributed by atoms with van der Waals surface area (Å²) in [5.74, 6) is 0. The Kier molecular flexibility index (Phi) is 2.22. The largest absolute Gasteiger partial charge is 0.453 e. The molecule has 2 aliphatic rings. The van der Waals surface area contributed by atoms with Gasteiger partial charge in [-0.15, -0.1) is 0 Å². The van der Waals surface area contributed by atoms with Crippen molar-refractivity contribution in [2.45, 2.75) is 31.5 Å². The third kappa shape index (κ3) is 1.40. The van der Waals surface area contributed by atoms with Crippen LogP contribution in [0.25, 0.3) is 0 Å². The molecule has 17 heavy (non-hydrogen) atoms. The second kappa shape index (κ2) is 3.52. The number of rotatable bonds is 1. The summed E-state index contributed by atoms with van der Waals surface area (Å²) >= 11 is 0. The van der Waals surface area contributed by atoms with E-state index in [9.17, 15) is 9.90 Å². The zero-order chi connectivity index (χ0) is 12.2. The molecule has 1 aromatic rings. The highest BCUT2D eigenvalue weighted by atomic mass is 16.6. The van der Waals surface area contributed by atoms with Crippen molar-refractivity contribution in [3.63, 3.8) is 0 Å². The van der Waals surface area contributed by atoms with Crippen LogP contribution in [0.4, 0.5) is 0 Å². The zero-order valence-corrected chi connectivity index (χ0v) is 9.11. The molecule has 2 aliphatic heterocycles. The van der Waals surface area contributed by atoms with E-state index in [2.05, 4.69) is 4.98 Å². The molecule has 0 aromatic carbocycles. The first kappa shape index (κ1) is 10.7. The van der Waals surface area contributed by atoms with Crippen molar-refractivity contribution < 1.29 is 19.7 Å². The molecule has 2 N–H and O–H groups in total. The van der Waals surface area contributed by atoms with Crippen LogP contribution in [0.1, 0.15) is 11.8 Å². The summed E-state index contributed by atoms with van der Waals surface area (Å²) in [6, 6.07) is 0.144. The van der Waals surface area contributed by atoms with E-state index in [1.165, 1.54) is 0 Å². The van der Waals surface area contributed by atoms with Gasteiger partial charge in [0.2, 0.25) is 0 Å². The van der Waals surface area contributed by atoms with E-state index in [1.54, 1.807) is 17.7 Å². The van der Waals surface area contributed by atoms with Gasteiger partial charge in [-0.2, -0.15) is 4.98 Å². The third-order valence-corrected chi connectivity index (χ3v) is 3.10. The quantitative estimate of drug-likeness (QED) is 0.624. The maximum absolute atomic E-state index is 11.4. The Morgan fingerprint density at radius 1 is 1.59 bits per heavy atom. The van der Waals surface area contributed by atoms with Crippen molar-refractivity contribution in [2.75, 3.05) is 6.61 Å². The number of hydrogen-bond acceptors (Lipinski definition) is 6. The number of aromatic nitrogens is 2. The molecule has 1 fully saturated rings. The van der Waals surface area contributed by atoms with Gasteiger partial charge in [0, 0.05) is 11.8 Å². The van der Waals surface area contributed by atoms with Crippen molar-refractivity contribution in [1.82, 2.24) is 9.55 Å². The topological polar surface area (TPSA) is 93.8 Å². The SMILES string of the molecule is Cc1cn2c(nc1=O)OC1C2OC(CO)[C@@H]1O. The summed E-state index contributed by atoms with van der Waals surface area (Å²) in [6.07, 6.45) is -1.17. The van der Waals surface area contributed by atoms with Crippen LogP contribution in [-0.2, 0) is 4.74 Å². The Labute approximate surface area is 96.2 Å². The maximum atomic E-state index is 11.4. The van der Waals surface area contributed by atoms with Crippen molar-refractivity contribution in [1.29, 1.82) is 0 Å². The smallest absolute Gasteiger partial charge is 0.302 e. The summed E-state index contributed by atoms with van der Waals surface area (Å²) in [5.41, 5.74) is 0.118. The van der Waals surface area contributed by atoms with Crippen molar-refractivity contribution in [3.05, 3.63) is 22.1 Å². The number of nitrogens with zero attached hydrogens (tertiary/aromatic N) is 2. The zero-order valence-electron chi connectivity index (χ0n) is 9.11. The third-order valence-electron chi connectivity index (χ3n) is 3.10. The second-order valence-corrected chi connectivity index (χ2v) is 4.24. The molecule has 0 spiro atoms. The highest BCUT2D eigenvalue weighted by Crippen LogP contribution is 2.38. The molecule has 1 saturated heterocycles. The van der Waals surface area contributed by atoms with Gasteiger partial charge in [-0.05, 0) is 6.92 Å². The predicted octanol–water partition coefficient (Wildman–Crippen LogP) is -1.44. The van der Waals surface area contributed by atoms with Crippen LogP contribution in [0.2, 0.25) is 0 Å². The van der Waals surface area contributed by atoms with E-state index in [4.69, 9.17) is 14.6 Å². The average molecular weight is 240 g/mol. The van der Waals surface area contributed by atoms with E-state index in [0.717, 1.165) is 0 Å². The molecular formula is C10H12N2O5. The number of aliphatic hydroxyl groups is 2. The molecule has 0 aliphatic carbocycles. The van der Waals surface area contributed by atoms with E-state index in [-0.39, 0.29) is 18.2 Å². The summed E-state index contributed by atoms with van der Waals surface area (Å²) in [6.45, 7) is 1.37. The van der Waals surface area contributed by atoms with Gasteiger partial charge >= 0.3 is 6.01 Å². The maximum Gasteiger partial charge on any atom is 0.302 e. The average Bonchev–Trinajstić information content (AvgIpc) is 2.78. The van der Waals surface area contributed by atoms with Crippen LogP contribution < -0.4 is 10.3 Å². The lowest BCUT2D eigenvalue weighted by atomic mass is 10.1. The molecule has 92 valence electrons. The Morgan fingerprint density at radius 2 is 2.35 bits per heavy atom. The van der Waals surface area contributed by atoms with Gasteiger partial charge in [-0.25, -0.2) is 0 Å². The minimum atomic E-state index is -0.929. The molecule has 3 unspecified atom stereocenters. The van der Waals surface area contributed by atoms with Crippen LogP contribution in [0.3, 0.4) is 0 Å². The first-order valence-electron chi connectivity index (χ1n) is 5.32. The Balaban J connectivity index is 2.02. The van der Waals surface area contributed by atoms with Crippen LogP contribution in [0, 0.1) is 6.92 Å². The van der Waals surface area contributed by atoms with E-state index >= 15 is 0 Å². The van der Waals surface area contributed by atoms with E-state index < -0.39 is 24.5 Å². The Morgan fingerprint density at radius 3 is 3.06 bits per heavy atom. The van der Waals surface area contributed by atoms with Gasteiger partial charge in [-0.1, -0.05) is 0 Å². The summed E-state index contributed by atoms with van der Waals surface area (Å²) in [5, 5.41) is 18.9. The minimum absolute atomic E-state index is 0.144. The van der Waals surface area contributed by atoms with Gasteiger partial charge in [0.1, 0.15) is 12.2 Å². The molecule has 3 rings (SSSR count). The molecule has 1 aromatic heterocycles. The first-order chi connectivity index (χ1) is 8.11. The van der Waals surface area contributed by atoms with Crippen molar-refractivity contribution in [3.8, 4) is 6.01 Å². The molecular weight excluding hydrogens is 228 g/mol. The standard InChI is InChI=1S/C10H12N2O5/c1-4-2-12-9-7(6(14)5(3-13)16-9)17-10(12)11-8(4)15/h2,5-7,9,13-14H,3H2,1H3/t5?,6-,7?,9?/m0/s1. The molecule has 4 atom stereocenters. The molecule has 7 heteroatoms.